The molecule has 142 valence electrons. The molecule has 0 spiro atoms. The maximum atomic E-state index is 12.6. The Bertz CT molecular complexity index is 880. The van der Waals surface area contributed by atoms with Crippen LogP contribution in [0, 0.1) is 0 Å². The first-order valence-corrected chi connectivity index (χ1v) is 8.88. The number of alkyl halides is 2. The molecule has 2 atom stereocenters. The monoisotopic (exact) mass is 374 g/mol. The molecular formula is C18H20F2N6O. The van der Waals surface area contributed by atoms with E-state index < -0.39 is 18.8 Å². The highest BCUT2D eigenvalue weighted by Crippen LogP contribution is 2.38. The molecule has 0 aromatic carbocycles. The van der Waals surface area contributed by atoms with Crippen molar-refractivity contribution < 1.29 is 13.6 Å². The first-order chi connectivity index (χ1) is 13.0. The topological polar surface area (TPSA) is 75.9 Å². The molecule has 27 heavy (non-hydrogen) atoms. The van der Waals surface area contributed by atoms with Gasteiger partial charge in [-0.2, -0.15) is 5.10 Å². The summed E-state index contributed by atoms with van der Waals surface area (Å²) in [6.45, 7) is 0. The van der Waals surface area contributed by atoms with E-state index in [0.717, 1.165) is 29.8 Å². The predicted octanol–water partition coefficient (Wildman–Crippen LogP) is 2.76. The lowest BCUT2D eigenvalue weighted by atomic mass is 9.98. The third kappa shape index (κ3) is 3.67. The van der Waals surface area contributed by atoms with Crippen molar-refractivity contribution in [3.8, 4) is 0 Å². The molecule has 4 heterocycles. The second kappa shape index (κ2) is 7.05. The smallest absolute Gasteiger partial charge is 0.247 e. The van der Waals surface area contributed by atoms with Gasteiger partial charge in [0.1, 0.15) is 0 Å². The first kappa shape index (κ1) is 17.6. The molecule has 4 rings (SSSR count). The Balaban J connectivity index is 1.53. The summed E-state index contributed by atoms with van der Waals surface area (Å²) in [6, 6.07) is 1.66. The average molecular weight is 374 g/mol. The SMILES string of the molecule is Cn1cc(Nc2nccc(C3=CC4CCC(C3)N4C(=O)CC(F)F)n2)cn1. The minimum Gasteiger partial charge on any atom is -0.333 e. The Hall–Kier alpha value is -2.84. The van der Waals surface area contributed by atoms with Crippen molar-refractivity contribution in [3.05, 3.63) is 36.4 Å². The van der Waals surface area contributed by atoms with Gasteiger partial charge in [0.25, 0.3) is 0 Å². The van der Waals surface area contributed by atoms with E-state index in [1.54, 1.807) is 22.0 Å². The van der Waals surface area contributed by atoms with Gasteiger partial charge >= 0.3 is 0 Å². The number of hydrogen-bond acceptors (Lipinski definition) is 5. The number of aromatic nitrogens is 4. The zero-order valence-corrected chi connectivity index (χ0v) is 14.8. The second-order valence-corrected chi connectivity index (χ2v) is 6.88. The molecule has 9 heteroatoms. The lowest BCUT2D eigenvalue weighted by Gasteiger charge is -2.34. The summed E-state index contributed by atoms with van der Waals surface area (Å²) < 4.78 is 26.9. The minimum absolute atomic E-state index is 0.0362. The number of anilines is 2. The Morgan fingerprint density at radius 3 is 2.96 bits per heavy atom. The van der Waals surface area contributed by atoms with Crippen LogP contribution in [0.15, 0.2) is 30.7 Å². The van der Waals surface area contributed by atoms with Gasteiger partial charge in [0.2, 0.25) is 18.3 Å². The lowest BCUT2D eigenvalue weighted by Crippen LogP contribution is -2.43. The van der Waals surface area contributed by atoms with E-state index in [0.29, 0.717) is 12.4 Å². The Morgan fingerprint density at radius 2 is 2.26 bits per heavy atom. The fraction of sp³-hybridized carbons (Fsp3) is 0.444. The molecule has 2 aliphatic rings. The quantitative estimate of drug-likeness (QED) is 0.871. The molecular weight excluding hydrogens is 354 g/mol. The normalized spacial score (nSPS) is 21.5. The van der Waals surface area contributed by atoms with Gasteiger partial charge < -0.3 is 10.2 Å². The molecule has 2 aromatic heterocycles. The van der Waals surface area contributed by atoms with Crippen LogP contribution in [-0.2, 0) is 11.8 Å². The Labute approximate surface area is 155 Å². The molecule has 7 nitrogen and oxygen atoms in total. The van der Waals surface area contributed by atoms with Crippen LogP contribution in [0.1, 0.15) is 31.4 Å². The van der Waals surface area contributed by atoms with Crippen molar-refractivity contribution in [3.63, 3.8) is 0 Å². The zero-order chi connectivity index (χ0) is 19.0. The third-order valence-electron chi connectivity index (χ3n) is 4.96. The lowest BCUT2D eigenvalue weighted by molar-refractivity contribution is -0.136. The Kier molecular flexibility index (Phi) is 4.59. The average Bonchev–Trinajstić information content (AvgIpc) is 3.14. The van der Waals surface area contributed by atoms with Crippen LogP contribution in [0.2, 0.25) is 0 Å². The number of carbonyl (C=O) groups excluding carboxylic acids is 1. The van der Waals surface area contributed by atoms with E-state index in [1.807, 2.05) is 25.4 Å². The minimum atomic E-state index is -2.61. The molecule has 1 fully saturated rings. The van der Waals surface area contributed by atoms with Gasteiger partial charge in [-0.15, -0.1) is 0 Å². The number of nitrogens with one attached hydrogen (secondary N) is 1. The van der Waals surface area contributed by atoms with Crippen molar-refractivity contribution >= 4 is 23.1 Å². The zero-order valence-electron chi connectivity index (χ0n) is 14.8. The molecule has 2 aliphatic heterocycles. The van der Waals surface area contributed by atoms with Crippen molar-refractivity contribution in [1.82, 2.24) is 24.6 Å². The molecule has 1 amide bonds. The standard InChI is InChI=1S/C18H20F2N6O/c1-25-10-12(9-22-25)23-18-21-5-4-15(24-18)11-6-13-2-3-14(7-11)26(13)17(27)8-16(19)20/h4-6,9-10,13-14,16H,2-3,7-8H2,1H3,(H,21,23,24). The van der Waals surface area contributed by atoms with E-state index in [2.05, 4.69) is 20.4 Å². The van der Waals surface area contributed by atoms with Crippen LogP contribution >= 0.6 is 0 Å². The molecule has 0 radical (unpaired) electrons. The van der Waals surface area contributed by atoms with Crippen LogP contribution in [0.3, 0.4) is 0 Å². The summed E-state index contributed by atoms with van der Waals surface area (Å²) in [7, 11) is 1.83. The summed E-state index contributed by atoms with van der Waals surface area (Å²) in [4.78, 5) is 22.6. The van der Waals surface area contributed by atoms with Gasteiger partial charge in [-0.1, -0.05) is 6.08 Å². The van der Waals surface area contributed by atoms with Crippen molar-refractivity contribution in [2.45, 2.75) is 44.2 Å². The molecule has 1 N–H and O–H groups in total. The number of rotatable bonds is 5. The highest BCUT2D eigenvalue weighted by atomic mass is 19.3. The van der Waals surface area contributed by atoms with Crippen LogP contribution in [0.4, 0.5) is 20.4 Å². The highest BCUT2D eigenvalue weighted by Gasteiger charge is 2.40. The first-order valence-electron chi connectivity index (χ1n) is 8.88. The number of fused-ring (bicyclic) bond motifs is 2. The van der Waals surface area contributed by atoms with Gasteiger partial charge in [-0.05, 0) is 30.9 Å². The van der Waals surface area contributed by atoms with E-state index in [1.165, 1.54) is 0 Å². The maximum Gasteiger partial charge on any atom is 0.247 e. The van der Waals surface area contributed by atoms with Crippen LogP contribution in [0.25, 0.3) is 5.57 Å². The summed E-state index contributed by atoms with van der Waals surface area (Å²) in [5.74, 6) is -0.000580. The number of halogens is 2. The third-order valence-corrected chi connectivity index (χ3v) is 4.96. The number of aryl methyl sites for hydroxylation is 1. The van der Waals surface area contributed by atoms with E-state index in [4.69, 9.17) is 0 Å². The summed E-state index contributed by atoms with van der Waals surface area (Å²) >= 11 is 0. The van der Waals surface area contributed by atoms with Crippen LogP contribution < -0.4 is 5.32 Å². The molecule has 2 bridgehead atoms. The van der Waals surface area contributed by atoms with Gasteiger partial charge in [0.15, 0.2) is 0 Å². The van der Waals surface area contributed by atoms with Gasteiger partial charge in [0, 0.05) is 25.5 Å². The van der Waals surface area contributed by atoms with Crippen molar-refractivity contribution in [1.29, 1.82) is 0 Å². The summed E-state index contributed by atoms with van der Waals surface area (Å²) in [6.07, 6.45) is 6.11. The highest BCUT2D eigenvalue weighted by molar-refractivity contribution is 5.80. The second-order valence-electron chi connectivity index (χ2n) is 6.88. The summed E-state index contributed by atoms with van der Waals surface area (Å²) in [5, 5.41) is 7.21. The predicted molar refractivity (Wildman–Crippen MR) is 95.4 cm³/mol. The molecule has 1 saturated heterocycles. The number of amides is 1. The van der Waals surface area contributed by atoms with Gasteiger partial charge in [0.05, 0.1) is 30.0 Å². The van der Waals surface area contributed by atoms with Crippen molar-refractivity contribution in [2.24, 2.45) is 7.05 Å². The number of nitrogens with zero attached hydrogens (tertiary/aromatic N) is 5. The van der Waals surface area contributed by atoms with E-state index in [9.17, 15) is 13.6 Å². The van der Waals surface area contributed by atoms with Gasteiger partial charge in [-0.3, -0.25) is 9.48 Å². The molecule has 0 saturated carbocycles. The van der Waals surface area contributed by atoms with Crippen LogP contribution in [-0.4, -0.2) is 49.1 Å². The molecule has 0 aliphatic carbocycles. The largest absolute Gasteiger partial charge is 0.333 e. The fourth-order valence-electron chi connectivity index (χ4n) is 3.86. The van der Waals surface area contributed by atoms with E-state index >= 15 is 0 Å². The number of carbonyl (C=O) groups is 1. The Morgan fingerprint density at radius 1 is 1.41 bits per heavy atom. The number of hydrogen-bond donors (Lipinski definition) is 1. The summed E-state index contributed by atoms with van der Waals surface area (Å²) in [5.41, 5.74) is 2.60. The molecule has 2 aromatic rings. The van der Waals surface area contributed by atoms with Gasteiger partial charge in [-0.25, -0.2) is 18.7 Å². The van der Waals surface area contributed by atoms with Crippen LogP contribution in [0.5, 0.6) is 0 Å². The fourth-order valence-corrected chi connectivity index (χ4v) is 3.86. The molecule has 2 unspecified atom stereocenters. The maximum absolute atomic E-state index is 12.6. The van der Waals surface area contributed by atoms with E-state index in [-0.39, 0.29) is 12.1 Å². The van der Waals surface area contributed by atoms with Crippen molar-refractivity contribution in [2.75, 3.05) is 5.32 Å².